The van der Waals surface area contributed by atoms with Crippen molar-refractivity contribution >= 4 is 17.4 Å². The molecule has 1 aromatic carbocycles. The summed E-state index contributed by atoms with van der Waals surface area (Å²) in [5.74, 6) is -0.352. The Bertz CT molecular complexity index is 528. The number of carbonyl (C=O) groups excluding carboxylic acids is 1. The zero-order chi connectivity index (χ0) is 12.3. The van der Waals surface area contributed by atoms with Gasteiger partial charge in [0, 0.05) is 19.2 Å². The summed E-state index contributed by atoms with van der Waals surface area (Å²) >= 11 is 0. The van der Waals surface area contributed by atoms with E-state index in [-0.39, 0.29) is 11.7 Å². The molecule has 0 saturated carbocycles. The minimum Gasteiger partial charge on any atom is -0.274 e. The third-order valence-corrected chi connectivity index (χ3v) is 2.27. The fraction of sp³-hybridized carbons (Fsp3) is 0.0769. The van der Waals surface area contributed by atoms with Crippen molar-refractivity contribution in [3.63, 3.8) is 0 Å². The summed E-state index contributed by atoms with van der Waals surface area (Å²) in [6.07, 6.45) is 1.34. The maximum atomic E-state index is 13.1. The van der Waals surface area contributed by atoms with Crippen LogP contribution in [0.2, 0.25) is 0 Å². The largest absolute Gasteiger partial charge is 0.274 e. The SMILES string of the molecule is CC(=O)N(c1ccccc1)c1cc(F)ccn1. The highest BCUT2D eigenvalue weighted by Gasteiger charge is 2.15. The molecule has 0 N–H and O–H groups in total. The van der Waals surface area contributed by atoms with E-state index in [2.05, 4.69) is 4.98 Å². The van der Waals surface area contributed by atoms with Crippen molar-refractivity contribution in [2.75, 3.05) is 4.90 Å². The van der Waals surface area contributed by atoms with Crippen LogP contribution in [0.25, 0.3) is 0 Å². The molecule has 0 saturated heterocycles. The molecule has 3 nitrogen and oxygen atoms in total. The van der Waals surface area contributed by atoms with E-state index < -0.39 is 5.82 Å². The average Bonchev–Trinajstić information content (AvgIpc) is 2.30. The van der Waals surface area contributed by atoms with Gasteiger partial charge in [0.25, 0.3) is 0 Å². The number of para-hydroxylation sites is 1. The molecule has 17 heavy (non-hydrogen) atoms. The summed E-state index contributed by atoms with van der Waals surface area (Å²) < 4.78 is 13.1. The van der Waals surface area contributed by atoms with Crippen LogP contribution in [0.15, 0.2) is 48.7 Å². The summed E-state index contributed by atoms with van der Waals surface area (Å²) in [5, 5.41) is 0. The molecule has 0 bridgehead atoms. The molecular formula is C13H11FN2O. The number of pyridine rings is 1. The quantitative estimate of drug-likeness (QED) is 0.794. The van der Waals surface area contributed by atoms with Gasteiger partial charge in [-0.3, -0.25) is 9.69 Å². The summed E-state index contributed by atoms with van der Waals surface area (Å²) in [6.45, 7) is 1.42. The minimum absolute atomic E-state index is 0.214. The number of nitrogens with zero attached hydrogens (tertiary/aromatic N) is 2. The van der Waals surface area contributed by atoms with Gasteiger partial charge in [0.2, 0.25) is 5.91 Å². The van der Waals surface area contributed by atoms with Crippen LogP contribution in [0.5, 0.6) is 0 Å². The Morgan fingerprint density at radius 1 is 1.24 bits per heavy atom. The van der Waals surface area contributed by atoms with Gasteiger partial charge >= 0.3 is 0 Å². The number of amides is 1. The standard InChI is InChI=1S/C13H11FN2O/c1-10(17)16(12-5-3-2-4-6-12)13-9-11(14)7-8-15-13/h2-9H,1H3. The van der Waals surface area contributed by atoms with Crippen molar-refractivity contribution in [1.29, 1.82) is 0 Å². The molecule has 0 radical (unpaired) electrons. The highest BCUT2D eigenvalue weighted by atomic mass is 19.1. The van der Waals surface area contributed by atoms with Crippen LogP contribution in [0.4, 0.5) is 15.9 Å². The number of benzene rings is 1. The van der Waals surface area contributed by atoms with Crippen molar-refractivity contribution in [2.24, 2.45) is 0 Å². The topological polar surface area (TPSA) is 33.2 Å². The first-order valence-corrected chi connectivity index (χ1v) is 5.16. The lowest BCUT2D eigenvalue weighted by molar-refractivity contribution is -0.115. The van der Waals surface area contributed by atoms with E-state index in [0.29, 0.717) is 5.69 Å². The predicted molar refractivity (Wildman–Crippen MR) is 63.5 cm³/mol. The molecule has 2 aromatic rings. The van der Waals surface area contributed by atoms with Crippen LogP contribution in [0.1, 0.15) is 6.92 Å². The van der Waals surface area contributed by atoms with Crippen LogP contribution in [0, 0.1) is 5.82 Å². The summed E-state index contributed by atoms with van der Waals surface area (Å²) in [6, 6.07) is 11.5. The highest BCUT2D eigenvalue weighted by molar-refractivity contribution is 5.97. The van der Waals surface area contributed by atoms with Crippen molar-refractivity contribution in [3.05, 3.63) is 54.5 Å². The second kappa shape index (κ2) is 4.74. The molecule has 1 aromatic heterocycles. The monoisotopic (exact) mass is 230 g/mol. The third-order valence-electron chi connectivity index (χ3n) is 2.27. The van der Waals surface area contributed by atoms with E-state index in [1.165, 1.54) is 30.2 Å². The Balaban J connectivity index is 2.47. The van der Waals surface area contributed by atoms with Crippen LogP contribution >= 0.6 is 0 Å². The van der Waals surface area contributed by atoms with Crippen LogP contribution in [-0.4, -0.2) is 10.9 Å². The van der Waals surface area contributed by atoms with Gasteiger partial charge in [0.1, 0.15) is 11.6 Å². The van der Waals surface area contributed by atoms with Gasteiger partial charge in [-0.15, -0.1) is 0 Å². The number of rotatable bonds is 2. The molecule has 2 rings (SSSR count). The lowest BCUT2D eigenvalue weighted by atomic mass is 10.2. The van der Waals surface area contributed by atoms with Gasteiger partial charge in [0.15, 0.2) is 0 Å². The molecule has 1 heterocycles. The maximum Gasteiger partial charge on any atom is 0.229 e. The predicted octanol–water partition coefficient (Wildman–Crippen LogP) is 2.91. The van der Waals surface area contributed by atoms with E-state index in [9.17, 15) is 9.18 Å². The Morgan fingerprint density at radius 3 is 2.53 bits per heavy atom. The number of anilines is 2. The lowest BCUT2D eigenvalue weighted by Crippen LogP contribution is -2.23. The van der Waals surface area contributed by atoms with E-state index in [4.69, 9.17) is 0 Å². The van der Waals surface area contributed by atoms with Crippen molar-refractivity contribution in [2.45, 2.75) is 6.92 Å². The number of aromatic nitrogens is 1. The second-order valence-electron chi connectivity index (χ2n) is 3.52. The first-order chi connectivity index (χ1) is 8.18. The highest BCUT2D eigenvalue weighted by Crippen LogP contribution is 2.23. The maximum absolute atomic E-state index is 13.1. The molecule has 0 fully saturated rings. The summed E-state index contributed by atoms with van der Waals surface area (Å²) in [5.41, 5.74) is 0.665. The first kappa shape index (κ1) is 11.3. The fourth-order valence-corrected chi connectivity index (χ4v) is 1.57. The molecule has 0 aliphatic rings. The Morgan fingerprint density at radius 2 is 1.94 bits per heavy atom. The van der Waals surface area contributed by atoms with E-state index in [1.807, 2.05) is 18.2 Å². The van der Waals surface area contributed by atoms with Crippen LogP contribution < -0.4 is 4.90 Å². The summed E-state index contributed by atoms with van der Waals surface area (Å²) in [7, 11) is 0. The van der Waals surface area contributed by atoms with E-state index in [1.54, 1.807) is 12.1 Å². The molecule has 0 aliphatic heterocycles. The Kier molecular flexibility index (Phi) is 3.14. The zero-order valence-corrected chi connectivity index (χ0v) is 9.30. The van der Waals surface area contributed by atoms with Crippen molar-refractivity contribution in [3.8, 4) is 0 Å². The van der Waals surface area contributed by atoms with Crippen LogP contribution in [-0.2, 0) is 4.79 Å². The van der Waals surface area contributed by atoms with Gasteiger partial charge < -0.3 is 0 Å². The number of carbonyl (C=O) groups is 1. The second-order valence-corrected chi connectivity index (χ2v) is 3.52. The number of hydrogen-bond acceptors (Lipinski definition) is 2. The van der Waals surface area contributed by atoms with Gasteiger partial charge in [-0.25, -0.2) is 9.37 Å². The normalized spacial score (nSPS) is 10.0. The Hall–Kier alpha value is -2.23. The van der Waals surface area contributed by atoms with Gasteiger partial charge in [-0.05, 0) is 18.2 Å². The third kappa shape index (κ3) is 2.47. The Labute approximate surface area is 98.5 Å². The van der Waals surface area contributed by atoms with Gasteiger partial charge in [-0.1, -0.05) is 18.2 Å². The minimum atomic E-state index is -0.419. The molecule has 1 amide bonds. The molecule has 86 valence electrons. The van der Waals surface area contributed by atoms with Crippen LogP contribution in [0.3, 0.4) is 0 Å². The van der Waals surface area contributed by atoms with Gasteiger partial charge in [0.05, 0.1) is 5.69 Å². The smallest absolute Gasteiger partial charge is 0.229 e. The fourth-order valence-electron chi connectivity index (χ4n) is 1.57. The molecule has 0 spiro atoms. The van der Waals surface area contributed by atoms with Gasteiger partial charge in [-0.2, -0.15) is 0 Å². The van der Waals surface area contributed by atoms with E-state index >= 15 is 0 Å². The molecule has 4 heteroatoms. The van der Waals surface area contributed by atoms with Crippen molar-refractivity contribution in [1.82, 2.24) is 4.98 Å². The number of hydrogen-bond donors (Lipinski definition) is 0. The first-order valence-electron chi connectivity index (χ1n) is 5.16. The van der Waals surface area contributed by atoms with E-state index in [0.717, 1.165) is 0 Å². The average molecular weight is 230 g/mol. The molecule has 0 atom stereocenters. The molecular weight excluding hydrogens is 219 g/mol. The molecule has 0 aliphatic carbocycles. The zero-order valence-electron chi connectivity index (χ0n) is 9.30. The lowest BCUT2D eigenvalue weighted by Gasteiger charge is -2.19. The summed E-state index contributed by atoms with van der Waals surface area (Å²) in [4.78, 5) is 17.0. The number of halogens is 1. The molecule has 0 unspecified atom stereocenters. The van der Waals surface area contributed by atoms with Crippen molar-refractivity contribution < 1.29 is 9.18 Å².